The van der Waals surface area contributed by atoms with Gasteiger partial charge < -0.3 is 4.74 Å². The average molecular weight is 397 g/mol. The molecule has 0 unspecified atom stereocenters. The van der Waals surface area contributed by atoms with E-state index in [0.717, 1.165) is 30.5 Å². The summed E-state index contributed by atoms with van der Waals surface area (Å²) >= 11 is 0. The average Bonchev–Trinajstić information content (AvgIpc) is 2.66. The normalized spacial score (nSPS) is 12.1. The second-order valence-corrected chi connectivity index (χ2v) is 5.92. The molecule has 0 fully saturated rings. The van der Waals surface area contributed by atoms with Crippen LogP contribution in [0.3, 0.4) is 0 Å². The topological polar surface area (TPSA) is 22.1 Å². The number of aromatic nitrogens is 1. The van der Waals surface area contributed by atoms with Gasteiger partial charge in [0.15, 0.2) is 0 Å². The van der Waals surface area contributed by atoms with E-state index in [1.165, 1.54) is 13.2 Å². The molecule has 28 heavy (non-hydrogen) atoms. The minimum absolute atomic E-state index is 0.00130. The van der Waals surface area contributed by atoms with Crippen molar-refractivity contribution < 1.29 is 31.1 Å². The molecule has 0 atom stereocenters. The molecule has 1 aromatic heterocycles. The highest BCUT2D eigenvalue weighted by molar-refractivity contribution is 5.83. The van der Waals surface area contributed by atoms with E-state index in [4.69, 9.17) is 4.74 Å². The van der Waals surface area contributed by atoms with Crippen molar-refractivity contribution in [2.24, 2.45) is 0 Å². The maximum Gasteiger partial charge on any atom is 0.433 e. The van der Waals surface area contributed by atoms with E-state index < -0.39 is 23.6 Å². The van der Waals surface area contributed by atoms with Gasteiger partial charge in [0, 0.05) is 11.8 Å². The fourth-order valence-corrected chi connectivity index (χ4v) is 2.71. The summed E-state index contributed by atoms with van der Waals surface area (Å²) < 4.78 is 83.6. The first kappa shape index (κ1) is 19.7. The number of hydrogen-bond donors (Lipinski definition) is 0. The third-order valence-electron chi connectivity index (χ3n) is 4.10. The van der Waals surface area contributed by atoms with Gasteiger partial charge in [0.25, 0.3) is 0 Å². The van der Waals surface area contributed by atoms with Crippen LogP contribution < -0.4 is 4.74 Å². The minimum Gasteiger partial charge on any atom is -0.497 e. The Morgan fingerprint density at radius 2 is 1.43 bits per heavy atom. The SMILES string of the molecule is COc1ccc(-c2cnc(C(F)(F)F)cc2-c2cccc(C(F)(F)F)c2)cc1. The molecular weight excluding hydrogens is 384 g/mol. The Hall–Kier alpha value is -3.03. The van der Waals surface area contributed by atoms with Crippen LogP contribution in [0.25, 0.3) is 22.3 Å². The van der Waals surface area contributed by atoms with Gasteiger partial charge >= 0.3 is 12.4 Å². The molecule has 3 rings (SSSR count). The molecule has 2 nitrogen and oxygen atoms in total. The summed E-state index contributed by atoms with van der Waals surface area (Å²) in [5.74, 6) is 0.532. The highest BCUT2D eigenvalue weighted by Crippen LogP contribution is 2.39. The molecule has 146 valence electrons. The molecule has 0 bridgehead atoms. The fraction of sp³-hybridized carbons (Fsp3) is 0.150. The van der Waals surface area contributed by atoms with Crippen molar-refractivity contribution in [3.8, 4) is 28.0 Å². The van der Waals surface area contributed by atoms with Crippen molar-refractivity contribution >= 4 is 0 Å². The van der Waals surface area contributed by atoms with E-state index in [9.17, 15) is 26.3 Å². The lowest BCUT2D eigenvalue weighted by molar-refractivity contribution is -0.141. The van der Waals surface area contributed by atoms with Gasteiger partial charge in [-0.05, 0) is 47.0 Å². The summed E-state index contributed by atoms with van der Waals surface area (Å²) in [6.07, 6.45) is -8.33. The molecule has 0 spiro atoms. The maximum absolute atomic E-state index is 13.1. The van der Waals surface area contributed by atoms with Gasteiger partial charge in [0.2, 0.25) is 0 Å². The van der Waals surface area contributed by atoms with Crippen LogP contribution in [-0.2, 0) is 12.4 Å². The molecule has 0 saturated carbocycles. The summed E-state index contributed by atoms with van der Waals surface area (Å²) in [6.45, 7) is 0. The molecule has 0 aliphatic carbocycles. The van der Waals surface area contributed by atoms with E-state index in [2.05, 4.69) is 4.98 Å². The first-order valence-electron chi connectivity index (χ1n) is 7.99. The minimum atomic E-state index is -4.73. The van der Waals surface area contributed by atoms with E-state index in [1.807, 2.05) is 0 Å². The number of nitrogens with zero attached hydrogens (tertiary/aromatic N) is 1. The smallest absolute Gasteiger partial charge is 0.433 e. The number of hydrogen-bond acceptors (Lipinski definition) is 2. The summed E-state index contributed by atoms with van der Waals surface area (Å²) in [5, 5.41) is 0. The van der Waals surface area contributed by atoms with Crippen molar-refractivity contribution in [1.82, 2.24) is 4.98 Å². The van der Waals surface area contributed by atoms with Crippen molar-refractivity contribution in [3.05, 3.63) is 72.1 Å². The lowest BCUT2D eigenvalue weighted by Gasteiger charge is -2.15. The zero-order chi connectivity index (χ0) is 20.5. The lowest BCUT2D eigenvalue weighted by Crippen LogP contribution is -2.09. The predicted molar refractivity (Wildman–Crippen MR) is 91.7 cm³/mol. The van der Waals surface area contributed by atoms with Gasteiger partial charge in [0.05, 0.1) is 12.7 Å². The summed E-state index contributed by atoms with van der Waals surface area (Å²) in [5.41, 5.74) is -1.36. The summed E-state index contributed by atoms with van der Waals surface area (Å²) in [6, 6.07) is 11.3. The van der Waals surface area contributed by atoms with Crippen molar-refractivity contribution in [1.29, 1.82) is 0 Å². The molecule has 2 aromatic carbocycles. The highest BCUT2D eigenvalue weighted by Gasteiger charge is 2.34. The predicted octanol–water partition coefficient (Wildman–Crippen LogP) is 6.46. The molecule has 1 heterocycles. The highest BCUT2D eigenvalue weighted by atomic mass is 19.4. The number of benzene rings is 2. The quantitative estimate of drug-likeness (QED) is 0.473. The number of pyridine rings is 1. The molecule has 0 saturated heterocycles. The lowest BCUT2D eigenvalue weighted by atomic mass is 9.94. The molecule has 8 heteroatoms. The zero-order valence-electron chi connectivity index (χ0n) is 14.4. The monoisotopic (exact) mass is 397 g/mol. The molecule has 0 aliphatic heterocycles. The van der Waals surface area contributed by atoms with Crippen LogP contribution in [0.15, 0.2) is 60.8 Å². The van der Waals surface area contributed by atoms with Crippen LogP contribution in [-0.4, -0.2) is 12.1 Å². The number of methoxy groups -OCH3 is 1. The van der Waals surface area contributed by atoms with E-state index >= 15 is 0 Å². The largest absolute Gasteiger partial charge is 0.497 e. The molecule has 0 radical (unpaired) electrons. The van der Waals surface area contributed by atoms with Crippen LogP contribution in [0, 0.1) is 0 Å². The van der Waals surface area contributed by atoms with E-state index in [0.29, 0.717) is 11.3 Å². The van der Waals surface area contributed by atoms with Gasteiger partial charge in [-0.2, -0.15) is 26.3 Å². The van der Waals surface area contributed by atoms with Crippen LogP contribution in [0.2, 0.25) is 0 Å². The van der Waals surface area contributed by atoms with E-state index in [-0.39, 0.29) is 16.7 Å². The number of halogens is 6. The van der Waals surface area contributed by atoms with Crippen LogP contribution in [0.1, 0.15) is 11.3 Å². The molecular formula is C20H13F6NO. The van der Waals surface area contributed by atoms with Gasteiger partial charge in [-0.3, -0.25) is 4.98 Å². The van der Waals surface area contributed by atoms with Crippen molar-refractivity contribution in [3.63, 3.8) is 0 Å². The van der Waals surface area contributed by atoms with Gasteiger partial charge in [-0.25, -0.2) is 0 Å². The Labute approximate surface area is 156 Å². The standard InChI is InChI=1S/C20H13F6NO/c1-28-15-7-5-12(6-8-15)17-11-27-18(20(24,25)26)10-16(17)13-3-2-4-14(9-13)19(21,22)23/h2-11H,1H3. The van der Waals surface area contributed by atoms with Gasteiger partial charge in [0.1, 0.15) is 11.4 Å². The second kappa shape index (κ2) is 7.18. The van der Waals surface area contributed by atoms with Crippen molar-refractivity contribution in [2.45, 2.75) is 12.4 Å². The Balaban J connectivity index is 2.21. The zero-order valence-corrected chi connectivity index (χ0v) is 14.4. The molecule has 3 aromatic rings. The maximum atomic E-state index is 13.1. The molecule has 0 amide bonds. The first-order chi connectivity index (χ1) is 13.1. The van der Waals surface area contributed by atoms with Crippen LogP contribution in [0.4, 0.5) is 26.3 Å². The van der Waals surface area contributed by atoms with Gasteiger partial charge in [-0.1, -0.05) is 24.3 Å². The molecule has 0 N–H and O–H groups in total. The van der Waals surface area contributed by atoms with Crippen LogP contribution >= 0.6 is 0 Å². The number of rotatable bonds is 3. The third kappa shape index (κ3) is 4.11. The third-order valence-corrected chi connectivity index (χ3v) is 4.10. The number of alkyl halides is 6. The second-order valence-electron chi connectivity index (χ2n) is 5.92. The molecule has 0 aliphatic rings. The van der Waals surface area contributed by atoms with Crippen molar-refractivity contribution in [2.75, 3.05) is 7.11 Å². The first-order valence-corrected chi connectivity index (χ1v) is 7.99. The van der Waals surface area contributed by atoms with Gasteiger partial charge in [-0.15, -0.1) is 0 Å². The van der Waals surface area contributed by atoms with Crippen LogP contribution in [0.5, 0.6) is 5.75 Å². The summed E-state index contributed by atoms with van der Waals surface area (Å²) in [7, 11) is 1.46. The Morgan fingerprint density at radius 3 is 2.00 bits per heavy atom. The Morgan fingerprint density at radius 1 is 0.750 bits per heavy atom. The number of ether oxygens (including phenoxy) is 1. The Kier molecular flexibility index (Phi) is 5.06. The van der Waals surface area contributed by atoms with E-state index in [1.54, 1.807) is 24.3 Å². The fourth-order valence-electron chi connectivity index (χ4n) is 2.71. The summed E-state index contributed by atoms with van der Waals surface area (Å²) in [4.78, 5) is 3.45. The Bertz CT molecular complexity index is 977.